The topological polar surface area (TPSA) is 55.0 Å². The quantitative estimate of drug-likeness (QED) is 0.804. The van der Waals surface area contributed by atoms with Crippen LogP contribution in [0.1, 0.15) is 56.5 Å². The summed E-state index contributed by atoms with van der Waals surface area (Å²) in [4.78, 5) is 20.7. The molecule has 4 rings (SSSR count). The Morgan fingerprint density at radius 1 is 1.33 bits per heavy atom. The van der Waals surface area contributed by atoms with Crippen molar-refractivity contribution in [3.05, 3.63) is 29.1 Å². The van der Waals surface area contributed by atoms with Crippen LogP contribution in [0.4, 0.5) is 0 Å². The maximum Gasteiger partial charge on any atom is 0.311 e. The number of aromatic nitrogens is 2. The molecule has 24 heavy (non-hydrogen) atoms. The normalized spacial score (nSPS) is 32.2. The predicted molar refractivity (Wildman–Crippen MR) is 94.0 cm³/mol. The zero-order chi connectivity index (χ0) is 17.1. The van der Waals surface area contributed by atoms with Crippen LogP contribution in [0.2, 0.25) is 0 Å². The number of H-pyrrole nitrogens is 1. The van der Waals surface area contributed by atoms with E-state index in [9.17, 15) is 4.79 Å². The summed E-state index contributed by atoms with van der Waals surface area (Å²) < 4.78 is 5.19. The van der Waals surface area contributed by atoms with E-state index in [-0.39, 0.29) is 16.8 Å². The van der Waals surface area contributed by atoms with Gasteiger partial charge in [0.2, 0.25) is 0 Å². The van der Waals surface area contributed by atoms with Crippen LogP contribution in [0.3, 0.4) is 0 Å². The average Bonchev–Trinajstić information content (AvgIpc) is 2.94. The monoisotopic (exact) mass is 326 g/mol. The third-order valence-electron chi connectivity index (χ3n) is 6.76. The van der Waals surface area contributed by atoms with Gasteiger partial charge in [-0.3, -0.25) is 4.79 Å². The van der Waals surface area contributed by atoms with Crippen molar-refractivity contribution in [3.63, 3.8) is 0 Å². The number of ether oxygens (including phenoxy) is 1. The molecule has 4 heteroatoms. The van der Waals surface area contributed by atoms with Crippen LogP contribution in [0, 0.1) is 18.3 Å². The lowest BCUT2D eigenvalue weighted by molar-refractivity contribution is -0.161. The number of nitrogens with zero attached hydrogens (tertiary/aromatic N) is 1. The highest BCUT2D eigenvalue weighted by atomic mass is 16.5. The van der Waals surface area contributed by atoms with Crippen molar-refractivity contribution in [1.29, 1.82) is 0 Å². The number of hydrogen-bond donors (Lipinski definition) is 1. The molecule has 1 aromatic carbocycles. The Labute approximate surface area is 143 Å². The van der Waals surface area contributed by atoms with E-state index in [1.165, 1.54) is 18.2 Å². The minimum Gasteiger partial charge on any atom is -0.469 e. The van der Waals surface area contributed by atoms with E-state index in [4.69, 9.17) is 9.72 Å². The predicted octanol–water partition coefficient (Wildman–Crippen LogP) is 4.05. The fourth-order valence-electron chi connectivity index (χ4n) is 5.64. The van der Waals surface area contributed by atoms with Gasteiger partial charge in [-0.15, -0.1) is 0 Å². The lowest BCUT2D eigenvalue weighted by Crippen LogP contribution is -2.52. The molecule has 0 radical (unpaired) electrons. The molecule has 0 amide bonds. The second kappa shape index (κ2) is 5.08. The van der Waals surface area contributed by atoms with Crippen molar-refractivity contribution < 1.29 is 9.53 Å². The van der Waals surface area contributed by atoms with Crippen molar-refractivity contribution in [1.82, 2.24) is 9.97 Å². The van der Waals surface area contributed by atoms with E-state index in [0.29, 0.717) is 5.92 Å². The van der Waals surface area contributed by atoms with Crippen molar-refractivity contribution in [3.8, 4) is 0 Å². The molecule has 2 aliphatic rings. The SMILES string of the molecule is COC(=O)[C@]1(C)CCC[C@]2(C)c3ccc4[nH]c(C)nc4c3CCC12. The summed E-state index contributed by atoms with van der Waals surface area (Å²) in [7, 11) is 1.52. The second-order valence-corrected chi connectivity index (χ2v) is 8.08. The van der Waals surface area contributed by atoms with Gasteiger partial charge in [0.05, 0.1) is 23.6 Å². The van der Waals surface area contributed by atoms with E-state index in [0.717, 1.165) is 49.0 Å². The first-order valence-corrected chi connectivity index (χ1v) is 8.97. The summed E-state index contributed by atoms with van der Waals surface area (Å²) in [6.07, 6.45) is 5.14. The number of carbonyl (C=O) groups is 1. The number of fused-ring (bicyclic) bond motifs is 5. The van der Waals surface area contributed by atoms with Gasteiger partial charge in [-0.25, -0.2) is 4.98 Å². The van der Waals surface area contributed by atoms with Gasteiger partial charge in [0, 0.05) is 0 Å². The molecule has 1 N–H and O–H groups in total. The van der Waals surface area contributed by atoms with Crippen LogP contribution in [-0.2, 0) is 21.4 Å². The molecule has 0 saturated heterocycles. The van der Waals surface area contributed by atoms with Gasteiger partial charge in [0.15, 0.2) is 0 Å². The van der Waals surface area contributed by atoms with E-state index in [1.807, 2.05) is 6.92 Å². The highest BCUT2D eigenvalue weighted by Crippen LogP contribution is 2.58. The van der Waals surface area contributed by atoms with Gasteiger partial charge >= 0.3 is 5.97 Å². The zero-order valence-corrected chi connectivity index (χ0v) is 15.0. The molecule has 1 saturated carbocycles. The van der Waals surface area contributed by atoms with Crippen molar-refractivity contribution >= 4 is 17.0 Å². The minimum absolute atomic E-state index is 0.0236. The molecule has 128 valence electrons. The molecule has 1 fully saturated rings. The Kier molecular flexibility index (Phi) is 3.32. The van der Waals surface area contributed by atoms with Crippen LogP contribution < -0.4 is 0 Å². The number of hydrogen-bond acceptors (Lipinski definition) is 3. The Bertz CT molecular complexity index is 824. The molecular formula is C20H26N2O2. The van der Waals surface area contributed by atoms with Crippen molar-refractivity contribution in [2.75, 3.05) is 7.11 Å². The molecule has 2 aromatic rings. The molecule has 2 aliphatic carbocycles. The molecule has 1 unspecified atom stereocenters. The van der Waals surface area contributed by atoms with Crippen LogP contribution in [0.5, 0.6) is 0 Å². The molecular weight excluding hydrogens is 300 g/mol. The second-order valence-electron chi connectivity index (χ2n) is 8.08. The highest BCUT2D eigenvalue weighted by Gasteiger charge is 2.55. The van der Waals surface area contributed by atoms with Gasteiger partial charge in [-0.05, 0) is 68.1 Å². The lowest BCUT2D eigenvalue weighted by atomic mass is 9.50. The van der Waals surface area contributed by atoms with E-state index in [1.54, 1.807) is 0 Å². The fourth-order valence-corrected chi connectivity index (χ4v) is 5.64. The van der Waals surface area contributed by atoms with Gasteiger partial charge in [0.1, 0.15) is 5.82 Å². The standard InChI is InChI=1S/C20H26N2O2/c1-12-21-15-8-7-14-13(17(15)22-12)6-9-16-19(14,2)10-5-11-20(16,3)18(23)24-4/h7-8,16H,5-6,9-11H2,1-4H3,(H,21,22)/t16?,19-,20-/m1/s1. The van der Waals surface area contributed by atoms with Gasteiger partial charge in [0.25, 0.3) is 0 Å². The fraction of sp³-hybridized carbons (Fsp3) is 0.600. The molecule has 1 heterocycles. The highest BCUT2D eigenvalue weighted by molar-refractivity contribution is 5.82. The Morgan fingerprint density at radius 3 is 2.88 bits per heavy atom. The summed E-state index contributed by atoms with van der Waals surface area (Å²) in [5.74, 6) is 1.25. The summed E-state index contributed by atoms with van der Waals surface area (Å²) in [5.41, 5.74) is 4.67. The number of methoxy groups -OCH3 is 1. The first-order valence-electron chi connectivity index (χ1n) is 8.97. The first-order chi connectivity index (χ1) is 11.4. The van der Waals surface area contributed by atoms with Gasteiger partial charge < -0.3 is 9.72 Å². The number of imidazole rings is 1. The number of esters is 1. The first kappa shape index (κ1) is 15.7. The molecule has 1 aromatic heterocycles. The van der Waals surface area contributed by atoms with Crippen molar-refractivity contribution in [2.45, 2.75) is 58.3 Å². The average molecular weight is 326 g/mol. The number of aryl methyl sites for hydroxylation is 2. The van der Waals surface area contributed by atoms with E-state index in [2.05, 4.69) is 31.0 Å². The summed E-state index contributed by atoms with van der Waals surface area (Å²) in [5, 5.41) is 0. The largest absolute Gasteiger partial charge is 0.469 e. The number of aromatic amines is 1. The zero-order valence-electron chi connectivity index (χ0n) is 15.0. The van der Waals surface area contributed by atoms with Gasteiger partial charge in [-0.1, -0.05) is 19.4 Å². The number of benzene rings is 1. The minimum atomic E-state index is -0.379. The number of nitrogens with one attached hydrogen (secondary N) is 1. The molecule has 0 aliphatic heterocycles. The summed E-state index contributed by atoms with van der Waals surface area (Å²) in [6.45, 7) is 6.47. The van der Waals surface area contributed by atoms with Crippen LogP contribution in [0.15, 0.2) is 12.1 Å². The summed E-state index contributed by atoms with van der Waals surface area (Å²) in [6, 6.07) is 4.43. The van der Waals surface area contributed by atoms with Crippen LogP contribution >= 0.6 is 0 Å². The molecule has 0 spiro atoms. The lowest BCUT2D eigenvalue weighted by Gasteiger charge is -2.54. The molecule has 3 atom stereocenters. The Morgan fingerprint density at radius 2 is 2.12 bits per heavy atom. The van der Waals surface area contributed by atoms with Crippen molar-refractivity contribution in [2.24, 2.45) is 11.3 Å². The summed E-state index contributed by atoms with van der Waals surface area (Å²) >= 11 is 0. The maximum atomic E-state index is 12.6. The van der Waals surface area contributed by atoms with Gasteiger partial charge in [-0.2, -0.15) is 0 Å². The van der Waals surface area contributed by atoms with E-state index >= 15 is 0 Å². The Hall–Kier alpha value is -1.84. The molecule has 4 nitrogen and oxygen atoms in total. The van der Waals surface area contributed by atoms with Crippen LogP contribution in [0.25, 0.3) is 11.0 Å². The number of rotatable bonds is 1. The smallest absolute Gasteiger partial charge is 0.311 e. The molecule has 0 bridgehead atoms. The maximum absolute atomic E-state index is 12.6. The van der Waals surface area contributed by atoms with Crippen LogP contribution in [-0.4, -0.2) is 23.0 Å². The van der Waals surface area contributed by atoms with E-state index < -0.39 is 0 Å². The third kappa shape index (κ3) is 1.92. The number of carbonyl (C=O) groups excluding carboxylic acids is 1. The third-order valence-corrected chi connectivity index (χ3v) is 6.76. The Balaban J connectivity index is 1.88.